The van der Waals surface area contributed by atoms with Crippen LogP contribution in [0.5, 0.6) is 0 Å². The molecule has 1 aliphatic carbocycles. The number of carbonyl (C=O) groups is 1. The molecule has 0 unspecified atom stereocenters. The summed E-state index contributed by atoms with van der Waals surface area (Å²) in [5.41, 5.74) is 0.886. The maximum atomic E-state index is 13.2. The van der Waals surface area contributed by atoms with Gasteiger partial charge >= 0.3 is 0 Å². The highest BCUT2D eigenvalue weighted by Gasteiger charge is 2.32. The molecule has 9 nitrogen and oxygen atoms in total. The van der Waals surface area contributed by atoms with Crippen LogP contribution < -0.4 is 5.32 Å². The van der Waals surface area contributed by atoms with E-state index in [9.17, 15) is 13.2 Å². The monoisotopic (exact) mass is 536 g/mol. The van der Waals surface area contributed by atoms with E-state index in [4.69, 9.17) is 9.57 Å². The lowest BCUT2D eigenvalue weighted by molar-refractivity contribution is -0.126. The molecule has 0 spiro atoms. The van der Waals surface area contributed by atoms with Crippen LogP contribution in [0.2, 0.25) is 0 Å². The van der Waals surface area contributed by atoms with Crippen molar-refractivity contribution in [3.05, 3.63) is 36.2 Å². The quantitative estimate of drug-likeness (QED) is 0.196. The molecule has 0 radical (unpaired) electrons. The first-order chi connectivity index (χ1) is 18.0. The average molecular weight is 537 g/mol. The smallest absolute Gasteiger partial charge is 0.243 e. The number of nitrogens with one attached hydrogen (secondary N) is 1. The van der Waals surface area contributed by atoms with Gasteiger partial charge in [0, 0.05) is 44.6 Å². The fraction of sp³-hybridized carbons (Fsp3) is 0.704. The molecule has 208 valence electrons. The van der Waals surface area contributed by atoms with Crippen molar-refractivity contribution in [2.45, 2.75) is 70.3 Å². The van der Waals surface area contributed by atoms with Crippen molar-refractivity contribution < 1.29 is 22.8 Å². The van der Waals surface area contributed by atoms with Gasteiger partial charge in [-0.2, -0.15) is 0 Å². The first kappa shape index (κ1) is 29.7. The molecule has 1 saturated carbocycles. The number of hydrogen-bond acceptors (Lipinski definition) is 7. The highest BCUT2D eigenvalue weighted by molar-refractivity contribution is 7.88. The molecule has 1 amide bonds. The summed E-state index contributed by atoms with van der Waals surface area (Å²) in [6, 6.07) is 3.68. The minimum absolute atomic E-state index is 0.0424. The van der Waals surface area contributed by atoms with Crippen molar-refractivity contribution in [3.8, 4) is 0 Å². The molecule has 2 fully saturated rings. The minimum Gasteiger partial charge on any atom is -0.379 e. The summed E-state index contributed by atoms with van der Waals surface area (Å²) in [7, 11) is -3.46. The third kappa shape index (κ3) is 11.6. The molecule has 0 aromatic carbocycles. The largest absolute Gasteiger partial charge is 0.379 e. The molecule has 0 atom stereocenters. The molecule has 1 aromatic heterocycles. The van der Waals surface area contributed by atoms with Crippen LogP contribution in [0.15, 0.2) is 30.6 Å². The average Bonchev–Trinajstić information content (AvgIpc) is 2.93. The Hall–Kier alpha value is -1.85. The molecule has 37 heavy (non-hydrogen) atoms. The standard InChI is InChI=1S/C27H44N4O5S/c32-27(14-13-25-10-9-15-28-24-25)29-16-7-2-1-3-8-23-37(33,34)31(26-11-5-4-6-12-26)36-22-19-30-17-20-35-21-18-30/h9-10,13-15,24,26H,1-8,11-12,16-23H2,(H,29,32). The van der Waals surface area contributed by atoms with E-state index in [1.165, 1.54) is 17.0 Å². The Balaban J connectivity index is 1.31. The number of ether oxygens (including phenoxy) is 1. The van der Waals surface area contributed by atoms with Gasteiger partial charge in [-0.15, -0.1) is 0 Å². The van der Waals surface area contributed by atoms with Crippen LogP contribution in [-0.2, 0) is 24.4 Å². The van der Waals surface area contributed by atoms with E-state index in [0.717, 1.165) is 89.8 Å². The van der Waals surface area contributed by atoms with E-state index >= 15 is 0 Å². The van der Waals surface area contributed by atoms with E-state index in [0.29, 0.717) is 19.6 Å². The van der Waals surface area contributed by atoms with Crippen LogP contribution in [0.4, 0.5) is 0 Å². The number of carbonyl (C=O) groups excluding carboxylic acids is 1. The first-order valence-electron chi connectivity index (χ1n) is 13.9. The number of rotatable bonds is 16. The zero-order chi connectivity index (χ0) is 26.2. The van der Waals surface area contributed by atoms with E-state index in [-0.39, 0.29) is 17.7 Å². The molecule has 1 aliphatic heterocycles. The van der Waals surface area contributed by atoms with Crippen LogP contribution in [0.25, 0.3) is 6.08 Å². The number of morpholine rings is 1. The molecule has 1 saturated heterocycles. The Morgan fingerprint density at radius 1 is 1.14 bits per heavy atom. The lowest BCUT2D eigenvalue weighted by Crippen LogP contribution is -2.45. The van der Waals surface area contributed by atoms with Gasteiger partial charge in [-0.3, -0.25) is 19.5 Å². The van der Waals surface area contributed by atoms with Crippen molar-refractivity contribution in [1.29, 1.82) is 0 Å². The molecular weight excluding hydrogens is 492 g/mol. The zero-order valence-corrected chi connectivity index (χ0v) is 22.9. The lowest BCUT2D eigenvalue weighted by Gasteiger charge is -2.33. The van der Waals surface area contributed by atoms with Gasteiger partial charge in [-0.05, 0) is 43.4 Å². The fourth-order valence-corrected chi connectivity index (χ4v) is 6.39. The van der Waals surface area contributed by atoms with Crippen LogP contribution in [0.3, 0.4) is 0 Å². The van der Waals surface area contributed by atoms with Gasteiger partial charge in [0.25, 0.3) is 0 Å². The van der Waals surface area contributed by atoms with Gasteiger partial charge in [0.2, 0.25) is 15.9 Å². The SMILES string of the molecule is O=C(C=Cc1cccnc1)NCCCCCCCS(=O)(=O)N(OCCN1CCOCC1)C1CCCCC1. The molecule has 0 bridgehead atoms. The van der Waals surface area contributed by atoms with Crippen molar-refractivity contribution in [2.24, 2.45) is 0 Å². The van der Waals surface area contributed by atoms with E-state index < -0.39 is 10.0 Å². The number of aromatic nitrogens is 1. The van der Waals surface area contributed by atoms with E-state index in [2.05, 4.69) is 15.2 Å². The van der Waals surface area contributed by atoms with E-state index in [1.807, 2.05) is 12.1 Å². The fourth-order valence-electron chi connectivity index (χ4n) is 4.74. The Bertz CT molecular complexity index is 901. The number of hydroxylamine groups is 1. The van der Waals surface area contributed by atoms with Crippen LogP contribution in [0, 0.1) is 0 Å². The third-order valence-electron chi connectivity index (χ3n) is 6.87. The van der Waals surface area contributed by atoms with Crippen molar-refractivity contribution in [1.82, 2.24) is 19.7 Å². The molecule has 1 aromatic rings. The van der Waals surface area contributed by atoms with Crippen molar-refractivity contribution in [2.75, 3.05) is 51.8 Å². The first-order valence-corrected chi connectivity index (χ1v) is 15.5. The normalized spacial score (nSPS) is 18.0. The lowest BCUT2D eigenvalue weighted by atomic mass is 9.96. The number of amides is 1. The topological polar surface area (TPSA) is 101 Å². The summed E-state index contributed by atoms with van der Waals surface area (Å²) in [6.07, 6.45) is 15.9. The Labute approximate surface area is 222 Å². The summed E-state index contributed by atoms with van der Waals surface area (Å²) in [5, 5.41) is 2.89. The maximum Gasteiger partial charge on any atom is 0.243 e. The summed E-state index contributed by atoms with van der Waals surface area (Å²) in [5.74, 6) is 0.00285. The molecular formula is C27H44N4O5S. The summed E-state index contributed by atoms with van der Waals surface area (Å²) in [4.78, 5) is 24.1. The second-order valence-corrected chi connectivity index (χ2v) is 11.8. The molecule has 2 aliphatic rings. The number of hydrogen-bond donors (Lipinski definition) is 1. The molecule has 2 heterocycles. The highest BCUT2D eigenvalue weighted by Crippen LogP contribution is 2.26. The van der Waals surface area contributed by atoms with Gasteiger partial charge in [0.05, 0.1) is 31.6 Å². The molecule has 3 rings (SSSR count). The molecule has 1 N–H and O–H groups in total. The predicted octanol–water partition coefficient (Wildman–Crippen LogP) is 3.39. The second-order valence-electron chi connectivity index (χ2n) is 9.83. The Kier molecular flexibility index (Phi) is 13.6. The number of sulfonamides is 1. The van der Waals surface area contributed by atoms with Gasteiger partial charge in [0.1, 0.15) is 0 Å². The van der Waals surface area contributed by atoms with Crippen molar-refractivity contribution >= 4 is 22.0 Å². The maximum absolute atomic E-state index is 13.2. The van der Waals surface area contributed by atoms with E-state index in [1.54, 1.807) is 18.5 Å². The summed E-state index contributed by atoms with van der Waals surface area (Å²) >= 11 is 0. The van der Waals surface area contributed by atoms with Gasteiger partial charge in [-0.1, -0.05) is 49.1 Å². The summed E-state index contributed by atoms with van der Waals surface area (Å²) < 4.78 is 33.1. The predicted molar refractivity (Wildman–Crippen MR) is 145 cm³/mol. The van der Waals surface area contributed by atoms with Crippen molar-refractivity contribution in [3.63, 3.8) is 0 Å². The van der Waals surface area contributed by atoms with Crippen LogP contribution in [-0.4, -0.2) is 86.5 Å². The van der Waals surface area contributed by atoms with Gasteiger partial charge in [0.15, 0.2) is 0 Å². The molecule has 10 heteroatoms. The highest BCUT2D eigenvalue weighted by atomic mass is 32.2. The Morgan fingerprint density at radius 3 is 2.65 bits per heavy atom. The summed E-state index contributed by atoms with van der Waals surface area (Å²) in [6.45, 7) is 4.90. The van der Waals surface area contributed by atoms with Crippen LogP contribution in [0.1, 0.15) is 69.8 Å². The number of nitrogens with zero attached hydrogens (tertiary/aromatic N) is 3. The second kappa shape index (κ2) is 16.9. The zero-order valence-electron chi connectivity index (χ0n) is 22.1. The third-order valence-corrected chi connectivity index (χ3v) is 8.62. The van der Waals surface area contributed by atoms with Gasteiger partial charge < -0.3 is 10.1 Å². The number of pyridine rings is 1. The van der Waals surface area contributed by atoms with Gasteiger partial charge in [-0.25, -0.2) is 8.42 Å². The minimum atomic E-state index is -3.46. The van der Waals surface area contributed by atoms with Crippen LogP contribution >= 0.6 is 0 Å². The Morgan fingerprint density at radius 2 is 1.89 bits per heavy atom. The number of unbranched alkanes of at least 4 members (excludes halogenated alkanes) is 4.